The molecule has 4 rings (SSSR count). The lowest BCUT2D eigenvalue weighted by Crippen LogP contribution is -2.53. The summed E-state index contributed by atoms with van der Waals surface area (Å²) in [5.41, 5.74) is 4.66. The molecular weight excluding hydrogens is 567 g/mol. The van der Waals surface area contributed by atoms with Gasteiger partial charge < -0.3 is 25.6 Å². The lowest BCUT2D eigenvalue weighted by Gasteiger charge is -2.28. The number of nitrogens with zero attached hydrogens (tertiary/aromatic N) is 1. The van der Waals surface area contributed by atoms with E-state index >= 15 is 0 Å². The van der Waals surface area contributed by atoms with E-state index in [-0.39, 0.29) is 23.5 Å². The molecule has 232 valence electrons. The fourth-order valence-electron chi connectivity index (χ4n) is 6.07. The zero-order valence-corrected chi connectivity index (χ0v) is 24.8. The fraction of sp³-hybridized carbons (Fsp3) is 0.633. The number of halogens is 2. The van der Waals surface area contributed by atoms with E-state index in [1.807, 2.05) is 12.2 Å². The van der Waals surface area contributed by atoms with Crippen LogP contribution in [0.2, 0.25) is 0 Å². The van der Waals surface area contributed by atoms with E-state index < -0.39 is 54.9 Å². The van der Waals surface area contributed by atoms with Gasteiger partial charge in [0.25, 0.3) is 0 Å². The van der Waals surface area contributed by atoms with Crippen LogP contribution in [0.25, 0.3) is 0 Å². The van der Waals surface area contributed by atoms with Crippen molar-refractivity contribution in [1.82, 2.24) is 10.2 Å². The molecule has 0 bridgehead atoms. The van der Waals surface area contributed by atoms with E-state index in [4.69, 9.17) is 10.5 Å². The Labute approximate surface area is 245 Å². The first kappa shape index (κ1) is 32.1. The maximum absolute atomic E-state index is 13.9. The second-order valence-corrected chi connectivity index (χ2v) is 14.2. The minimum atomic E-state index is -3.75. The minimum absolute atomic E-state index is 0.0913. The number of amides is 3. The first-order valence-electron chi connectivity index (χ1n) is 15.0. The molecule has 0 spiro atoms. The van der Waals surface area contributed by atoms with Crippen LogP contribution < -0.4 is 11.1 Å². The van der Waals surface area contributed by atoms with Crippen LogP contribution in [0, 0.1) is 17.6 Å². The predicted octanol–water partition coefficient (Wildman–Crippen LogP) is 5.14. The molecule has 1 aromatic carbocycles. The number of alkyl carbamates (subject to hydrolysis) is 1. The van der Waals surface area contributed by atoms with Crippen LogP contribution in [0.3, 0.4) is 0 Å². The van der Waals surface area contributed by atoms with Crippen LogP contribution in [0.5, 0.6) is 0 Å². The highest BCUT2D eigenvalue weighted by Gasteiger charge is 2.48. The Kier molecular flexibility index (Phi) is 11.2. The van der Waals surface area contributed by atoms with Crippen molar-refractivity contribution in [2.45, 2.75) is 107 Å². The third-order valence-electron chi connectivity index (χ3n) is 8.55. The number of carbonyl (C=O) groups excluding carboxylic acids is 3. The molecule has 1 aliphatic heterocycles. The number of unbranched alkanes of at least 4 members (excludes halogenated alkanes) is 3. The van der Waals surface area contributed by atoms with Crippen LogP contribution in [0.1, 0.15) is 82.6 Å². The predicted molar refractivity (Wildman–Crippen MR) is 154 cm³/mol. The van der Waals surface area contributed by atoms with Gasteiger partial charge in [0.1, 0.15) is 29.8 Å². The Balaban J connectivity index is 1.21. The van der Waals surface area contributed by atoms with E-state index in [0.29, 0.717) is 38.6 Å². The Bertz CT molecular complexity index is 1190. The van der Waals surface area contributed by atoms with E-state index in [0.717, 1.165) is 57.1 Å². The number of allylic oxidation sites excluding steroid dienone is 2. The minimum Gasteiger partial charge on any atom is -0.446 e. The number of ether oxygens (including phenoxy) is 1. The maximum Gasteiger partial charge on any atom is 0.408 e. The summed E-state index contributed by atoms with van der Waals surface area (Å²) in [6, 6.07) is 1.93. The van der Waals surface area contributed by atoms with Crippen LogP contribution >= 0.6 is 7.37 Å². The molecule has 2 aliphatic carbocycles. The third kappa shape index (κ3) is 8.63. The largest absolute Gasteiger partial charge is 0.446 e. The average Bonchev–Trinajstić information content (AvgIpc) is 3.30. The average molecular weight is 610 g/mol. The Hall–Kier alpha value is -2.78. The lowest BCUT2D eigenvalue weighted by molar-refractivity contribution is -0.139. The number of likely N-dealkylation sites (tertiary alicyclic amines) is 1. The zero-order valence-electron chi connectivity index (χ0n) is 23.9. The van der Waals surface area contributed by atoms with Crippen LogP contribution in [-0.4, -0.2) is 58.1 Å². The van der Waals surface area contributed by atoms with E-state index in [2.05, 4.69) is 5.32 Å². The third-order valence-corrected chi connectivity index (χ3v) is 10.9. The van der Waals surface area contributed by atoms with Crippen molar-refractivity contribution in [2.24, 2.45) is 11.7 Å². The highest BCUT2D eigenvalue weighted by Crippen LogP contribution is 2.63. The standard InChI is InChI=1S/C30H42F2N3O6P/c31-23-13-8-14-24(32)22(23)19-42(39,40)27-18-20(27)10-4-2-1-3-5-15-25(34-30(38)41-21-11-6-7-12-21)29(37)35-17-9-16-26(35)28(33)36/h4,8,10,13-14,20-21,25-27H,1-3,5-7,9,11-12,15-19H2,(H2,33,36)(H,34,38)(H,39,40)/b10-4-/t20-,25+,26+,27+/m1/s1. The summed E-state index contributed by atoms with van der Waals surface area (Å²) in [6.07, 6.45) is 11.3. The molecule has 0 aromatic heterocycles. The summed E-state index contributed by atoms with van der Waals surface area (Å²) in [7, 11) is -3.75. The van der Waals surface area contributed by atoms with Gasteiger partial charge in [0.05, 0.1) is 6.16 Å². The monoisotopic (exact) mass is 609 g/mol. The molecule has 0 radical (unpaired) electrons. The summed E-state index contributed by atoms with van der Waals surface area (Å²) < 4.78 is 46.1. The number of rotatable bonds is 14. The normalized spacial score (nSPS) is 24.5. The van der Waals surface area contributed by atoms with Gasteiger partial charge in [0, 0.05) is 17.8 Å². The molecule has 3 amide bonds. The summed E-state index contributed by atoms with van der Waals surface area (Å²) in [4.78, 5) is 49.6. The fourth-order valence-corrected chi connectivity index (χ4v) is 8.33. The van der Waals surface area contributed by atoms with E-state index in [1.54, 1.807) is 0 Å². The number of benzene rings is 1. The van der Waals surface area contributed by atoms with Gasteiger partial charge in [-0.05, 0) is 82.3 Å². The summed E-state index contributed by atoms with van der Waals surface area (Å²) in [5.74, 6) is -2.57. The number of hydrogen-bond acceptors (Lipinski definition) is 5. The summed E-state index contributed by atoms with van der Waals surface area (Å²) >= 11 is 0. The molecule has 2 saturated carbocycles. The molecular formula is C30H42F2N3O6P. The maximum atomic E-state index is 13.9. The first-order valence-corrected chi connectivity index (χ1v) is 17.0. The van der Waals surface area contributed by atoms with Gasteiger partial charge in [-0.1, -0.05) is 31.1 Å². The quantitative estimate of drug-likeness (QED) is 0.152. The van der Waals surface area contributed by atoms with Gasteiger partial charge in [-0.3, -0.25) is 14.2 Å². The highest BCUT2D eigenvalue weighted by atomic mass is 31.2. The summed E-state index contributed by atoms with van der Waals surface area (Å²) in [6.45, 7) is 0.422. The van der Waals surface area contributed by atoms with Gasteiger partial charge in [0.15, 0.2) is 0 Å². The first-order chi connectivity index (χ1) is 20.1. The lowest BCUT2D eigenvalue weighted by atomic mass is 10.0. The SMILES string of the molecule is NC(=O)[C@@H]1CCCN1C(=O)[C@H](CCCCC/C=C\[C@@H]1C[C@@H]1P(=O)(O)Cc1c(F)cccc1F)NC(=O)OC1CCCC1. The van der Waals surface area contributed by atoms with Gasteiger partial charge in [-0.15, -0.1) is 0 Å². The molecule has 1 unspecified atom stereocenters. The molecule has 5 atom stereocenters. The van der Waals surface area contributed by atoms with Crippen molar-refractivity contribution in [3.05, 3.63) is 47.5 Å². The van der Waals surface area contributed by atoms with Crippen molar-refractivity contribution in [2.75, 3.05) is 6.54 Å². The van der Waals surface area contributed by atoms with E-state index in [1.165, 1.54) is 11.0 Å². The smallest absolute Gasteiger partial charge is 0.408 e. The van der Waals surface area contributed by atoms with Crippen molar-refractivity contribution >= 4 is 25.3 Å². The molecule has 9 nitrogen and oxygen atoms in total. The van der Waals surface area contributed by atoms with Crippen LogP contribution in [0.4, 0.5) is 13.6 Å². The number of carbonyl (C=O) groups is 3. The molecule has 3 fully saturated rings. The Morgan fingerprint density at radius 2 is 1.83 bits per heavy atom. The van der Waals surface area contributed by atoms with Gasteiger partial charge >= 0.3 is 6.09 Å². The number of primary amides is 1. The topological polar surface area (TPSA) is 139 Å². The number of hydrogen-bond donors (Lipinski definition) is 3. The number of nitrogens with one attached hydrogen (secondary N) is 1. The Morgan fingerprint density at radius 1 is 1.12 bits per heavy atom. The number of nitrogens with two attached hydrogens (primary N) is 1. The summed E-state index contributed by atoms with van der Waals surface area (Å²) in [5, 5.41) is 2.73. The molecule has 1 saturated heterocycles. The van der Waals surface area contributed by atoms with Crippen LogP contribution in [0.15, 0.2) is 30.4 Å². The highest BCUT2D eigenvalue weighted by molar-refractivity contribution is 7.58. The van der Waals surface area contributed by atoms with Gasteiger partial charge in [0.2, 0.25) is 19.2 Å². The van der Waals surface area contributed by atoms with E-state index in [9.17, 15) is 32.6 Å². The molecule has 4 N–H and O–H groups in total. The van der Waals surface area contributed by atoms with Crippen LogP contribution in [-0.2, 0) is 25.1 Å². The molecule has 3 aliphatic rings. The molecule has 1 heterocycles. The van der Waals surface area contributed by atoms with Crippen molar-refractivity contribution in [1.29, 1.82) is 0 Å². The van der Waals surface area contributed by atoms with Crippen molar-refractivity contribution in [3.63, 3.8) is 0 Å². The second-order valence-electron chi connectivity index (χ2n) is 11.7. The Morgan fingerprint density at radius 3 is 2.52 bits per heavy atom. The molecule has 12 heteroatoms. The van der Waals surface area contributed by atoms with Crippen molar-refractivity contribution in [3.8, 4) is 0 Å². The molecule has 42 heavy (non-hydrogen) atoms. The van der Waals surface area contributed by atoms with Crippen molar-refractivity contribution < 1.29 is 37.4 Å². The molecule has 1 aromatic rings. The van der Waals surface area contributed by atoms with Gasteiger partial charge in [-0.2, -0.15) is 0 Å². The second kappa shape index (κ2) is 14.6. The zero-order chi connectivity index (χ0) is 30.3. The van der Waals surface area contributed by atoms with Gasteiger partial charge in [-0.25, -0.2) is 13.6 Å².